The van der Waals surface area contributed by atoms with E-state index >= 15 is 0 Å². The molecule has 0 saturated carbocycles. The molecule has 0 aromatic heterocycles. The van der Waals surface area contributed by atoms with Crippen molar-refractivity contribution in [3.05, 3.63) is 34.9 Å². The van der Waals surface area contributed by atoms with Crippen LogP contribution in [0.15, 0.2) is 18.2 Å². The Bertz CT molecular complexity index is 562. The van der Waals surface area contributed by atoms with Gasteiger partial charge in [-0.15, -0.1) is 0 Å². The summed E-state index contributed by atoms with van der Waals surface area (Å²) in [5, 5.41) is 18.6. The average Bonchev–Trinajstić information content (AvgIpc) is 2.41. The molecule has 4 nitrogen and oxygen atoms in total. The van der Waals surface area contributed by atoms with Gasteiger partial charge in [-0.05, 0) is 51.5 Å². The molecule has 114 valence electrons. The fourth-order valence-corrected chi connectivity index (χ4v) is 2.05. The Hall–Kier alpha value is -1.83. The number of aliphatic hydroxyl groups is 2. The minimum atomic E-state index is -0.923. The molecule has 21 heavy (non-hydrogen) atoms. The third-order valence-corrected chi connectivity index (χ3v) is 3.02. The second kappa shape index (κ2) is 7.26. The Morgan fingerprint density at radius 3 is 2.52 bits per heavy atom. The van der Waals surface area contributed by atoms with Crippen LogP contribution in [0.1, 0.15) is 42.3 Å². The van der Waals surface area contributed by atoms with Crippen molar-refractivity contribution in [2.45, 2.75) is 33.3 Å². The third-order valence-electron chi connectivity index (χ3n) is 3.02. The molecule has 0 bridgehead atoms. The molecule has 0 fully saturated rings. The first kappa shape index (κ1) is 17.2. The molecule has 0 radical (unpaired) electrons. The first-order chi connectivity index (χ1) is 9.78. The maximum Gasteiger partial charge on any atom is 0.253 e. The fraction of sp³-hybridized carbons (Fsp3) is 0.471. The van der Waals surface area contributed by atoms with Crippen molar-refractivity contribution in [1.29, 1.82) is 0 Å². The molecule has 1 amide bonds. The number of hydrogen-bond donors (Lipinski definition) is 2. The van der Waals surface area contributed by atoms with Gasteiger partial charge in [0, 0.05) is 24.2 Å². The molecule has 0 aliphatic rings. The maximum atomic E-state index is 12.5. The lowest BCUT2D eigenvalue weighted by Crippen LogP contribution is -2.42. The smallest absolute Gasteiger partial charge is 0.253 e. The van der Waals surface area contributed by atoms with Crippen molar-refractivity contribution in [3.63, 3.8) is 0 Å². The zero-order valence-corrected chi connectivity index (χ0v) is 13.1. The van der Waals surface area contributed by atoms with Crippen molar-refractivity contribution in [3.8, 4) is 11.8 Å². The highest BCUT2D eigenvalue weighted by atomic mass is 16.3. The Balaban J connectivity index is 2.99. The first-order valence-electron chi connectivity index (χ1n) is 7.00. The van der Waals surface area contributed by atoms with Crippen molar-refractivity contribution < 1.29 is 15.0 Å². The van der Waals surface area contributed by atoms with Crippen LogP contribution >= 0.6 is 0 Å². The third kappa shape index (κ3) is 5.22. The number of benzene rings is 1. The van der Waals surface area contributed by atoms with Gasteiger partial charge in [0.25, 0.3) is 5.91 Å². The lowest BCUT2D eigenvalue weighted by Gasteiger charge is -2.28. The van der Waals surface area contributed by atoms with E-state index in [1.165, 1.54) is 0 Å². The minimum absolute atomic E-state index is 0.107. The van der Waals surface area contributed by atoms with Crippen molar-refractivity contribution in [2.24, 2.45) is 0 Å². The Morgan fingerprint density at radius 1 is 1.38 bits per heavy atom. The molecule has 0 atom stereocenters. The molecule has 0 unspecified atom stereocenters. The maximum absolute atomic E-state index is 12.5. The number of carbonyl (C=O) groups excluding carboxylic acids is 1. The number of carbonyl (C=O) groups is 1. The van der Waals surface area contributed by atoms with Gasteiger partial charge in [0.15, 0.2) is 0 Å². The van der Waals surface area contributed by atoms with E-state index in [4.69, 9.17) is 5.11 Å². The SMILES string of the molecule is CCN(CC(C)(C)O)C(=O)c1ccc(C#CCO)c(C)c1. The van der Waals surface area contributed by atoms with E-state index in [9.17, 15) is 9.90 Å². The lowest BCUT2D eigenvalue weighted by molar-refractivity contribution is 0.0314. The van der Waals surface area contributed by atoms with Gasteiger partial charge >= 0.3 is 0 Å². The number of nitrogens with zero attached hydrogens (tertiary/aromatic N) is 1. The monoisotopic (exact) mass is 289 g/mol. The first-order valence-corrected chi connectivity index (χ1v) is 7.00. The normalized spacial score (nSPS) is 10.8. The van der Waals surface area contributed by atoms with Gasteiger partial charge in [-0.3, -0.25) is 4.79 Å². The van der Waals surface area contributed by atoms with Gasteiger partial charge in [-0.1, -0.05) is 11.8 Å². The number of aliphatic hydroxyl groups excluding tert-OH is 1. The zero-order valence-electron chi connectivity index (χ0n) is 13.1. The topological polar surface area (TPSA) is 60.8 Å². The van der Waals surface area contributed by atoms with Gasteiger partial charge in [0.1, 0.15) is 6.61 Å². The quantitative estimate of drug-likeness (QED) is 0.827. The molecule has 0 aliphatic heterocycles. The highest BCUT2D eigenvalue weighted by Crippen LogP contribution is 2.14. The van der Waals surface area contributed by atoms with Crippen molar-refractivity contribution >= 4 is 5.91 Å². The number of aryl methyl sites for hydroxylation is 1. The Morgan fingerprint density at radius 2 is 2.05 bits per heavy atom. The molecule has 1 rings (SSSR count). The summed E-state index contributed by atoms with van der Waals surface area (Å²) in [5.74, 6) is 5.33. The van der Waals surface area contributed by atoms with Crippen LogP contribution in [0.2, 0.25) is 0 Å². The summed E-state index contributed by atoms with van der Waals surface area (Å²) in [6.07, 6.45) is 0. The largest absolute Gasteiger partial charge is 0.389 e. The standard InChI is InChI=1S/C17H23NO3/c1-5-18(12-17(3,4)21)16(20)15-9-8-14(7-6-10-19)13(2)11-15/h8-9,11,19,21H,5,10,12H2,1-4H3. The molecular weight excluding hydrogens is 266 g/mol. The van der Waals surface area contributed by atoms with E-state index in [1.807, 2.05) is 13.8 Å². The van der Waals surface area contributed by atoms with E-state index in [0.717, 1.165) is 11.1 Å². The van der Waals surface area contributed by atoms with Crippen LogP contribution in [-0.4, -0.2) is 46.3 Å². The van der Waals surface area contributed by atoms with Crippen LogP contribution in [0.5, 0.6) is 0 Å². The second-order valence-corrected chi connectivity index (χ2v) is 5.62. The highest BCUT2D eigenvalue weighted by molar-refractivity contribution is 5.94. The van der Waals surface area contributed by atoms with Crippen LogP contribution in [0.25, 0.3) is 0 Å². The van der Waals surface area contributed by atoms with Crippen LogP contribution in [-0.2, 0) is 0 Å². The van der Waals surface area contributed by atoms with Crippen molar-refractivity contribution in [2.75, 3.05) is 19.7 Å². The number of rotatable bonds is 4. The van der Waals surface area contributed by atoms with Crippen molar-refractivity contribution in [1.82, 2.24) is 4.90 Å². The molecule has 1 aromatic rings. The predicted molar refractivity (Wildman–Crippen MR) is 83.0 cm³/mol. The van der Waals surface area contributed by atoms with Crippen LogP contribution in [0.3, 0.4) is 0 Å². The minimum Gasteiger partial charge on any atom is -0.389 e. The van der Waals surface area contributed by atoms with Gasteiger partial charge < -0.3 is 15.1 Å². The van der Waals surface area contributed by atoms with Gasteiger partial charge in [0.2, 0.25) is 0 Å². The Labute approximate surface area is 126 Å². The number of amides is 1. The van der Waals surface area contributed by atoms with Crippen LogP contribution < -0.4 is 0 Å². The summed E-state index contributed by atoms with van der Waals surface area (Å²) in [6, 6.07) is 5.30. The molecule has 0 spiro atoms. The lowest BCUT2D eigenvalue weighted by atomic mass is 10.0. The summed E-state index contributed by atoms with van der Waals surface area (Å²) < 4.78 is 0. The zero-order chi connectivity index (χ0) is 16.0. The molecule has 1 aromatic carbocycles. The molecule has 0 aliphatic carbocycles. The van der Waals surface area contributed by atoms with E-state index in [0.29, 0.717) is 12.1 Å². The Kier molecular flexibility index (Phi) is 5.95. The fourth-order valence-electron chi connectivity index (χ4n) is 2.05. The van der Waals surface area contributed by atoms with E-state index in [-0.39, 0.29) is 19.1 Å². The summed E-state index contributed by atoms with van der Waals surface area (Å²) in [6.45, 7) is 7.77. The molecule has 4 heteroatoms. The highest BCUT2D eigenvalue weighted by Gasteiger charge is 2.22. The van der Waals surface area contributed by atoms with Crippen LogP contribution in [0.4, 0.5) is 0 Å². The molecule has 0 saturated heterocycles. The van der Waals surface area contributed by atoms with E-state index in [1.54, 1.807) is 36.9 Å². The van der Waals surface area contributed by atoms with Gasteiger partial charge in [0.05, 0.1) is 5.60 Å². The molecule has 0 heterocycles. The molecule has 2 N–H and O–H groups in total. The summed E-state index contributed by atoms with van der Waals surface area (Å²) >= 11 is 0. The van der Waals surface area contributed by atoms with E-state index < -0.39 is 5.60 Å². The molecular formula is C17H23NO3. The number of hydrogen-bond acceptors (Lipinski definition) is 3. The second-order valence-electron chi connectivity index (χ2n) is 5.62. The summed E-state index contributed by atoms with van der Waals surface area (Å²) in [7, 11) is 0. The average molecular weight is 289 g/mol. The van der Waals surface area contributed by atoms with Crippen LogP contribution in [0, 0.1) is 18.8 Å². The van der Waals surface area contributed by atoms with Gasteiger partial charge in [-0.25, -0.2) is 0 Å². The number of likely N-dealkylation sites (N-methyl/N-ethyl adjacent to an activating group) is 1. The summed E-state index contributed by atoms with van der Waals surface area (Å²) in [4.78, 5) is 14.1. The summed E-state index contributed by atoms with van der Waals surface area (Å²) in [5.41, 5.74) is 1.34. The predicted octanol–water partition coefficient (Wildman–Crippen LogP) is 1.57. The van der Waals surface area contributed by atoms with E-state index in [2.05, 4.69) is 11.8 Å². The van der Waals surface area contributed by atoms with Gasteiger partial charge in [-0.2, -0.15) is 0 Å².